The van der Waals surface area contributed by atoms with E-state index < -0.39 is 0 Å². The quantitative estimate of drug-likeness (QED) is 0.656. The van der Waals surface area contributed by atoms with Gasteiger partial charge in [0.05, 0.1) is 11.4 Å². The van der Waals surface area contributed by atoms with Gasteiger partial charge in [0.1, 0.15) is 0 Å². The first kappa shape index (κ1) is 12.6. The fraction of sp³-hybridized carbons (Fsp3) is 0.500. The van der Waals surface area contributed by atoms with Crippen molar-refractivity contribution in [2.75, 3.05) is 11.1 Å². The summed E-state index contributed by atoms with van der Waals surface area (Å²) in [5.41, 5.74) is 7.82. The molecule has 0 radical (unpaired) electrons. The molecule has 0 fully saturated rings. The molecule has 2 atom stereocenters. The molecule has 3 N–H and O–H groups in total. The zero-order valence-electron chi connectivity index (χ0n) is 9.55. The highest BCUT2D eigenvalue weighted by Gasteiger charge is 2.10. The largest absolute Gasteiger partial charge is 0.397 e. The molecule has 0 bridgehead atoms. The number of nitrogens with two attached hydrogens (primary N) is 1. The Morgan fingerprint density at radius 1 is 1.40 bits per heavy atom. The van der Waals surface area contributed by atoms with Gasteiger partial charge in [-0.05, 0) is 53.6 Å². The lowest BCUT2D eigenvalue weighted by atomic mass is 10.0. The molecule has 1 rings (SSSR count). The first-order chi connectivity index (χ1) is 7.04. The zero-order chi connectivity index (χ0) is 11.4. The van der Waals surface area contributed by atoms with Crippen LogP contribution in [0.4, 0.5) is 11.4 Å². The first-order valence-corrected chi connectivity index (χ1v) is 6.44. The molecule has 0 heterocycles. The predicted octanol–water partition coefficient (Wildman–Crippen LogP) is 3.72. The Labute approximate surface area is 106 Å². The second-order valence-corrected chi connectivity index (χ2v) is 5.30. The van der Waals surface area contributed by atoms with Crippen LogP contribution in [-0.2, 0) is 0 Å². The lowest BCUT2D eigenvalue weighted by molar-refractivity contribution is 0.495. The SMILES string of the molecule is CCC(C)C(C)Nc1ccc(I)cc1N. The van der Waals surface area contributed by atoms with Crippen LogP contribution in [0, 0.1) is 9.49 Å². The lowest BCUT2D eigenvalue weighted by Gasteiger charge is -2.22. The van der Waals surface area contributed by atoms with E-state index in [0.717, 1.165) is 11.4 Å². The van der Waals surface area contributed by atoms with Crippen molar-refractivity contribution < 1.29 is 0 Å². The number of halogens is 1. The highest BCUT2D eigenvalue weighted by Crippen LogP contribution is 2.23. The Kier molecular flexibility index (Phi) is 4.70. The van der Waals surface area contributed by atoms with Crippen LogP contribution >= 0.6 is 22.6 Å². The minimum Gasteiger partial charge on any atom is -0.397 e. The fourth-order valence-electron chi connectivity index (χ4n) is 1.41. The van der Waals surface area contributed by atoms with Crippen LogP contribution in [0.2, 0.25) is 0 Å². The van der Waals surface area contributed by atoms with Crippen molar-refractivity contribution in [1.82, 2.24) is 0 Å². The van der Waals surface area contributed by atoms with Crippen molar-refractivity contribution in [3.63, 3.8) is 0 Å². The van der Waals surface area contributed by atoms with E-state index >= 15 is 0 Å². The van der Waals surface area contributed by atoms with Crippen LogP contribution < -0.4 is 11.1 Å². The van der Waals surface area contributed by atoms with Gasteiger partial charge >= 0.3 is 0 Å². The highest BCUT2D eigenvalue weighted by atomic mass is 127. The molecule has 0 aromatic heterocycles. The van der Waals surface area contributed by atoms with E-state index in [4.69, 9.17) is 5.73 Å². The van der Waals surface area contributed by atoms with Crippen molar-refractivity contribution in [1.29, 1.82) is 0 Å². The van der Waals surface area contributed by atoms with E-state index in [-0.39, 0.29) is 0 Å². The van der Waals surface area contributed by atoms with Crippen LogP contribution in [0.3, 0.4) is 0 Å². The second kappa shape index (κ2) is 5.58. The Morgan fingerprint density at radius 2 is 2.07 bits per heavy atom. The van der Waals surface area contributed by atoms with E-state index in [1.165, 1.54) is 9.99 Å². The van der Waals surface area contributed by atoms with Gasteiger partial charge in [-0.3, -0.25) is 0 Å². The number of rotatable bonds is 4. The van der Waals surface area contributed by atoms with E-state index in [1.807, 2.05) is 6.07 Å². The van der Waals surface area contributed by atoms with Crippen molar-refractivity contribution in [2.24, 2.45) is 5.92 Å². The highest BCUT2D eigenvalue weighted by molar-refractivity contribution is 14.1. The molecule has 1 aromatic rings. The number of anilines is 2. The van der Waals surface area contributed by atoms with Crippen LogP contribution in [0.1, 0.15) is 27.2 Å². The third-order valence-electron chi connectivity index (χ3n) is 2.89. The maximum Gasteiger partial charge on any atom is 0.0576 e. The monoisotopic (exact) mass is 318 g/mol. The van der Waals surface area contributed by atoms with E-state index in [0.29, 0.717) is 12.0 Å². The normalized spacial score (nSPS) is 14.7. The second-order valence-electron chi connectivity index (χ2n) is 4.05. The summed E-state index contributed by atoms with van der Waals surface area (Å²) in [5, 5.41) is 3.46. The van der Waals surface area contributed by atoms with Crippen LogP contribution in [0.15, 0.2) is 18.2 Å². The lowest BCUT2D eigenvalue weighted by Crippen LogP contribution is -2.23. The number of nitrogen functional groups attached to an aromatic ring is 1. The average Bonchev–Trinajstić information content (AvgIpc) is 2.20. The minimum atomic E-state index is 0.456. The average molecular weight is 318 g/mol. The third kappa shape index (κ3) is 3.55. The molecule has 0 spiro atoms. The standard InChI is InChI=1S/C12H19IN2/c1-4-8(2)9(3)15-12-6-5-10(13)7-11(12)14/h5-9,15H,4,14H2,1-3H3. The summed E-state index contributed by atoms with van der Waals surface area (Å²) in [5.74, 6) is 0.656. The maximum absolute atomic E-state index is 5.94. The Balaban J connectivity index is 2.72. The molecule has 0 saturated heterocycles. The van der Waals surface area contributed by atoms with Crippen LogP contribution in [0.5, 0.6) is 0 Å². The van der Waals surface area contributed by atoms with Crippen molar-refractivity contribution >= 4 is 34.0 Å². The van der Waals surface area contributed by atoms with Gasteiger partial charge in [-0.25, -0.2) is 0 Å². The van der Waals surface area contributed by atoms with E-state index in [9.17, 15) is 0 Å². The summed E-state index contributed by atoms with van der Waals surface area (Å²) in [4.78, 5) is 0. The molecule has 3 heteroatoms. The summed E-state index contributed by atoms with van der Waals surface area (Å²) >= 11 is 2.27. The number of nitrogens with one attached hydrogen (secondary N) is 1. The van der Waals surface area contributed by atoms with Gasteiger partial charge < -0.3 is 11.1 Å². The summed E-state index contributed by atoms with van der Waals surface area (Å²) in [6, 6.07) is 6.57. The fourth-order valence-corrected chi connectivity index (χ4v) is 1.92. The predicted molar refractivity (Wildman–Crippen MR) is 76.1 cm³/mol. The molecule has 15 heavy (non-hydrogen) atoms. The van der Waals surface area contributed by atoms with E-state index in [2.05, 4.69) is 60.8 Å². The smallest absolute Gasteiger partial charge is 0.0576 e. The first-order valence-electron chi connectivity index (χ1n) is 5.36. The molecule has 0 saturated carbocycles. The van der Waals surface area contributed by atoms with Crippen molar-refractivity contribution in [3.8, 4) is 0 Å². The molecule has 0 amide bonds. The summed E-state index contributed by atoms with van der Waals surface area (Å²) in [7, 11) is 0. The van der Waals surface area contributed by atoms with Gasteiger partial charge in [-0.1, -0.05) is 20.3 Å². The number of hydrogen-bond acceptors (Lipinski definition) is 2. The zero-order valence-corrected chi connectivity index (χ0v) is 11.7. The van der Waals surface area contributed by atoms with Crippen molar-refractivity contribution in [3.05, 3.63) is 21.8 Å². The van der Waals surface area contributed by atoms with Gasteiger partial charge in [0.15, 0.2) is 0 Å². The summed E-state index contributed by atoms with van der Waals surface area (Å²) in [6.07, 6.45) is 1.18. The minimum absolute atomic E-state index is 0.456. The topological polar surface area (TPSA) is 38.0 Å². The molecule has 84 valence electrons. The van der Waals surface area contributed by atoms with Gasteiger partial charge in [-0.2, -0.15) is 0 Å². The number of hydrogen-bond donors (Lipinski definition) is 2. The molecule has 2 nitrogen and oxygen atoms in total. The Bertz CT molecular complexity index is 325. The molecule has 0 aliphatic heterocycles. The van der Waals surface area contributed by atoms with Crippen LogP contribution in [0.25, 0.3) is 0 Å². The van der Waals surface area contributed by atoms with Gasteiger partial charge in [0.25, 0.3) is 0 Å². The maximum atomic E-state index is 5.94. The summed E-state index contributed by atoms with van der Waals surface area (Å²) in [6.45, 7) is 6.66. The Hall–Kier alpha value is -0.450. The third-order valence-corrected chi connectivity index (χ3v) is 3.57. The molecule has 1 aromatic carbocycles. The number of benzene rings is 1. The van der Waals surface area contributed by atoms with E-state index in [1.54, 1.807) is 0 Å². The van der Waals surface area contributed by atoms with Gasteiger partial charge in [-0.15, -0.1) is 0 Å². The summed E-state index contributed by atoms with van der Waals surface area (Å²) < 4.78 is 1.17. The molecular formula is C12H19IN2. The molecule has 0 aliphatic carbocycles. The van der Waals surface area contributed by atoms with Crippen LogP contribution in [-0.4, -0.2) is 6.04 Å². The molecule has 0 aliphatic rings. The molecular weight excluding hydrogens is 299 g/mol. The van der Waals surface area contributed by atoms with Gasteiger partial charge in [0.2, 0.25) is 0 Å². The van der Waals surface area contributed by atoms with Gasteiger partial charge in [0, 0.05) is 9.61 Å². The van der Waals surface area contributed by atoms with Crippen molar-refractivity contribution in [2.45, 2.75) is 33.2 Å². The Morgan fingerprint density at radius 3 is 2.60 bits per heavy atom. The molecule has 2 unspecified atom stereocenters.